The standard InChI is InChI=1S/C28H31FN4O/c29-25-12-6-19(20-7-13-26-24(15-20)27(31-17-30-26)32-22-8-9-22)14-21(25)16-33(23-10-11-23)28(34)18-4-2-1-3-5-18/h6-7,12-15,17-18,22-23H,1-5,8-11,16H2,(H,30,31,32). The molecule has 3 aromatic rings. The number of carbonyl (C=O) groups excluding carboxylic acids is 1. The quantitative estimate of drug-likeness (QED) is 0.466. The van der Waals surface area contributed by atoms with Crippen LogP contribution in [-0.4, -0.2) is 32.9 Å². The molecule has 176 valence electrons. The summed E-state index contributed by atoms with van der Waals surface area (Å²) in [5.41, 5.74) is 3.43. The molecule has 0 radical (unpaired) electrons. The van der Waals surface area contributed by atoms with E-state index in [1.807, 2.05) is 29.2 Å². The van der Waals surface area contributed by atoms with E-state index < -0.39 is 0 Å². The molecule has 3 aliphatic rings. The average molecular weight is 459 g/mol. The zero-order valence-electron chi connectivity index (χ0n) is 19.5. The first kappa shape index (κ1) is 21.5. The number of hydrogen-bond donors (Lipinski definition) is 1. The molecule has 1 N–H and O–H groups in total. The molecule has 5 nitrogen and oxygen atoms in total. The number of halogens is 1. The van der Waals surface area contributed by atoms with Crippen molar-refractivity contribution in [1.29, 1.82) is 0 Å². The topological polar surface area (TPSA) is 58.1 Å². The Morgan fingerprint density at radius 3 is 2.47 bits per heavy atom. The zero-order valence-corrected chi connectivity index (χ0v) is 19.5. The number of amides is 1. The van der Waals surface area contributed by atoms with Gasteiger partial charge in [0.05, 0.1) is 5.52 Å². The van der Waals surface area contributed by atoms with Gasteiger partial charge in [-0.1, -0.05) is 31.4 Å². The van der Waals surface area contributed by atoms with Gasteiger partial charge < -0.3 is 10.2 Å². The van der Waals surface area contributed by atoms with Gasteiger partial charge in [0.2, 0.25) is 5.91 Å². The highest BCUT2D eigenvalue weighted by Crippen LogP contribution is 2.35. The lowest BCUT2D eigenvalue weighted by atomic mass is 9.88. The van der Waals surface area contributed by atoms with Gasteiger partial charge >= 0.3 is 0 Å². The Balaban J connectivity index is 1.29. The van der Waals surface area contributed by atoms with Gasteiger partial charge in [-0.3, -0.25) is 4.79 Å². The van der Waals surface area contributed by atoms with Crippen LogP contribution in [0.15, 0.2) is 42.7 Å². The SMILES string of the molecule is O=C(C1CCCCC1)N(Cc1cc(-c2ccc3ncnc(NC4CC4)c3c2)ccc1F)C1CC1. The number of nitrogens with one attached hydrogen (secondary N) is 1. The van der Waals surface area contributed by atoms with E-state index in [1.54, 1.807) is 6.33 Å². The van der Waals surface area contributed by atoms with E-state index in [9.17, 15) is 9.18 Å². The molecule has 0 atom stereocenters. The van der Waals surface area contributed by atoms with Gasteiger partial charge in [0.1, 0.15) is 18.0 Å². The molecule has 3 aliphatic carbocycles. The first-order chi connectivity index (χ1) is 16.7. The zero-order chi connectivity index (χ0) is 23.1. The van der Waals surface area contributed by atoms with Crippen LogP contribution in [0.2, 0.25) is 0 Å². The summed E-state index contributed by atoms with van der Waals surface area (Å²) in [4.78, 5) is 24.1. The van der Waals surface area contributed by atoms with E-state index in [0.717, 1.165) is 66.4 Å². The van der Waals surface area contributed by atoms with Crippen LogP contribution in [-0.2, 0) is 11.3 Å². The summed E-state index contributed by atoms with van der Waals surface area (Å²) < 4.78 is 14.9. The lowest BCUT2D eigenvalue weighted by Crippen LogP contribution is -2.38. The van der Waals surface area contributed by atoms with E-state index in [1.165, 1.54) is 25.3 Å². The smallest absolute Gasteiger partial charge is 0.226 e. The monoisotopic (exact) mass is 458 g/mol. The van der Waals surface area contributed by atoms with Gasteiger partial charge in [0, 0.05) is 35.5 Å². The van der Waals surface area contributed by atoms with Crippen LogP contribution in [0.25, 0.3) is 22.0 Å². The fraction of sp³-hybridized carbons (Fsp3) is 0.464. The second-order valence-electron chi connectivity index (χ2n) is 10.2. The Morgan fingerprint density at radius 2 is 1.71 bits per heavy atom. The van der Waals surface area contributed by atoms with E-state index in [-0.39, 0.29) is 23.7 Å². The Bertz CT molecular complexity index is 1210. The summed E-state index contributed by atoms with van der Waals surface area (Å²) in [6.45, 7) is 0.352. The third-order valence-corrected chi connectivity index (χ3v) is 7.50. The molecule has 3 saturated carbocycles. The van der Waals surface area contributed by atoms with E-state index >= 15 is 0 Å². The maximum atomic E-state index is 14.9. The Kier molecular flexibility index (Phi) is 5.67. The first-order valence-corrected chi connectivity index (χ1v) is 12.8. The summed E-state index contributed by atoms with van der Waals surface area (Å²) >= 11 is 0. The van der Waals surface area contributed by atoms with Crippen LogP contribution < -0.4 is 5.32 Å². The Morgan fingerprint density at radius 1 is 0.941 bits per heavy atom. The molecule has 0 unspecified atom stereocenters. The first-order valence-electron chi connectivity index (χ1n) is 12.8. The summed E-state index contributed by atoms with van der Waals surface area (Å²) in [6.07, 6.45) is 11.4. The van der Waals surface area contributed by atoms with Gasteiger partial charge in [0.15, 0.2) is 0 Å². The number of carbonyl (C=O) groups is 1. The molecule has 1 heterocycles. The molecule has 1 aromatic heterocycles. The van der Waals surface area contributed by atoms with Gasteiger partial charge in [0.25, 0.3) is 0 Å². The molecule has 6 rings (SSSR count). The fourth-order valence-electron chi connectivity index (χ4n) is 5.19. The normalized spacial score (nSPS) is 18.7. The number of nitrogens with zero attached hydrogens (tertiary/aromatic N) is 3. The number of benzene rings is 2. The highest BCUT2D eigenvalue weighted by atomic mass is 19.1. The summed E-state index contributed by atoms with van der Waals surface area (Å²) in [6, 6.07) is 12.1. The maximum absolute atomic E-state index is 14.9. The van der Waals surface area contributed by atoms with Crippen molar-refractivity contribution in [3.63, 3.8) is 0 Å². The second-order valence-corrected chi connectivity index (χ2v) is 10.2. The minimum Gasteiger partial charge on any atom is -0.367 e. The Hall–Kier alpha value is -3.02. The van der Waals surface area contributed by atoms with Crippen molar-refractivity contribution >= 4 is 22.6 Å². The van der Waals surface area contributed by atoms with Crippen molar-refractivity contribution in [1.82, 2.24) is 14.9 Å². The molecule has 3 fully saturated rings. The van der Waals surface area contributed by atoms with E-state index in [0.29, 0.717) is 18.2 Å². The maximum Gasteiger partial charge on any atom is 0.226 e. The van der Waals surface area contributed by atoms with Crippen LogP contribution in [0.1, 0.15) is 63.4 Å². The highest BCUT2D eigenvalue weighted by Gasteiger charge is 2.36. The molecule has 0 saturated heterocycles. The highest BCUT2D eigenvalue weighted by molar-refractivity contribution is 5.92. The molecule has 34 heavy (non-hydrogen) atoms. The van der Waals surface area contributed by atoms with Gasteiger partial charge in [-0.25, -0.2) is 14.4 Å². The van der Waals surface area contributed by atoms with Crippen LogP contribution >= 0.6 is 0 Å². The molecule has 0 bridgehead atoms. The minimum absolute atomic E-state index is 0.110. The molecule has 0 spiro atoms. The summed E-state index contributed by atoms with van der Waals surface area (Å²) in [5, 5.41) is 4.47. The number of aromatic nitrogens is 2. The average Bonchev–Trinajstić information content (AvgIpc) is 3.79. The predicted molar refractivity (Wildman–Crippen MR) is 132 cm³/mol. The predicted octanol–water partition coefficient (Wildman–Crippen LogP) is 6.08. The van der Waals surface area contributed by atoms with Crippen LogP contribution in [0.5, 0.6) is 0 Å². The summed E-state index contributed by atoms with van der Waals surface area (Å²) in [5.74, 6) is 0.949. The van der Waals surface area contributed by atoms with E-state index in [2.05, 4.69) is 21.4 Å². The van der Waals surface area contributed by atoms with Gasteiger partial charge in [-0.15, -0.1) is 0 Å². The summed E-state index contributed by atoms with van der Waals surface area (Å²) in [7, 11) is 0. The molecular formula is C28H31FN4O. The number of rotatable bonds is 7. The lowest BCUT2D eigenvalue weighted by Gasteiger charge is -2.29. The van der Waals surface area contributed by atoms with Crippen molar-refractivity contribution in [2.24, 2.45) is 5.92 Å². The van der Waals surface area contributed by atoms with Crippen LogP contribution in [0.3, 0.4) is 0 Å². The molecule has 6 heteroatoms. The lowest BCUT2D eigenvalue weighted by molar-refractivity contribution is -0.137. The van der Waals surface area contributed by atoms with Crippen LogP contribution in [0, 0.1) is 11.7 Å². The van der Waals surface area contributed by atoms with Crippen molar-refractivity contribution in [3.8, 4) is 11.1 Å². The largest absolute Gasteiger partial charge is 0.367 e. The minimum atomic E-state index is -0.244. The van der Waals surface area contributed by atoms with E-state index in [4.69, 9.17) is 0 Å². The van der Waals surface area contributed by atoms with Crippen LogP contribution in [0.4, 0.5) is 10.2 Å². The number of hydrogen-bond acceptors (Lipinski definition) is 4. The van der Waals surface area contributed by atoms with Crippen molar-refractivity contribution < 1.29 is 9.18 Å². The number of fused-ring (bicyclic) bond motifs is 1. The number of anilines is 1. The van der Waals surface area contributed by atoms with Crippen molar-refractivity contribution in [2.45, 2.75) is 76.4 Å². The van der Waals surface area contributed by atoms with Crippen molar-refractivity contribution in [2.75, 3.05) is 5.32 Å². The molecule has 0 aliphatic heterocycles. The van der Waals surface area contributed by atoms with Gasteiger partial charge in [-0.05, 0) is 73.9 Å². The van der Waals surface area contributed by atoms with Crippen molar-refractivity contribution in [3.05, 3.63) is 54.1 Å². The molecule has 1 amide bonds. The van der Waals surface area contributed by atoms with Gasteiger partial charge in [-0.2, -0.15) is 0 Å². The fourth-order valence-corrected chi connectivity index (χ4v) is 5.19. The second kappa shape index (κ2) is 8.97. The molecule has 2 aromatic carbocycles. The third kappa shape index (κ3) is 4.50. The molecular weight excluding hydrogens is 427 g/mol. The Labute approximate surface area is 199 Å². The third-order valence-electron chi connectivity index (χ3n) is 7.50.